The quantitative estimate of drug-likeness (QED) is 0.932. The van der Waals surface area contributed by atoms with Crippen LogP contribution < -0.4 is 10.1 Å². The molecule has 4 nitrogen and oxygen atoms in total. The van der Waals surface area contributed by atoms with Gasteiger partial charge in [-0.2, -0.15) is 0 Å². The highest BCUT2D eigenvalue weighted by molar-refractivity contribution is 5.58. The van der Waals surface area contributed by atoms with E-state index >= 15 is 0 Å². The molecule has 3 rings (SSSR count). The van der Waals surface area contributed by atoms with E-state index in [9.17, 15) is 0 Å². The van der Waals surface area contributed by atoms with Gasteiger partial charge < -0.3 is 14.5 Å². The van der Waals surface area contributed by atoms with Gasteiger partial charge in [-0.3, -0.25) is 0 Å². The van der Waals surface area contributed by atoms with Crippen LogP contribution in [0.3, 0.4) is 0 Å². The molecule has 0 atom stereocenters. The van der Waals surface area contributed by atoms with E-state index in [1.54, 1.807) is 6.26 Å². The summed E-state index contributed by atoms with van der Waals surface area (Å²) in [6, 6.07) is 6.10. The molecule has 0 spiro atoms. The fraction of sp³-hybridized carbons (Fsp3) is 0.438. The zero-order valence-corrected chi connectivity index (χ0v) is 12.2. The van der Waals surface area contributed by atoms with E-state index < -0.39 is 0 Å². The third-order valence-electron chi connectivity index (χ3n) is 3.29. The number of fused-ring (bicyclic) bond motifs is 1. The Morgan fingerprint density at radius 1 is 1.30 bits per heavy atom. The molecule has 1 aromatic carbocycles. The van der Waals surface area contributed by atoms with Gasteiger partial charge in [0.15, 0.2) is 0 Å². The minimum atomic E-state index is 0.0734. The summed E-state index contributed by atoms with van der Waals surface area (Å²) in [5.74, 6) is 1.65. The summed E-state index contributed by atoms with van der Waals surface area (Å²) >= 11 is 0. The van der Waals surface area contributed by atoms with Gasteiger partial charge in [0.05, 0.1) is 12.3 Å². The van der Waals surface area contributed by atoms with Crippen LogP contribution in [0, 0.1) is 0 Å². The Kier molecular flexibility index (Phi) is 3.26. The average Bonchev–Trinajstić information content (AvgIpc) is 3.03. The van der Waals surface area contributed by atoms with Crippen LogP contribution in [0.25, 0.3) is 11.5 Å². The summed E-state index contributed by atoms with van der Waals surface area (Å²) in [5.41, 5.74) is 3.24. The van der Waals surface area contributed by atoms with E-state index in [0.29, 0.717) is 12.4 Å². The van der Waals surface area contributed by atoms with Crippen molar-refractivity contribution in [2.75, 3.05) is 6.61 Å². The van der Waals surface area contributed by atoms with E-state index in [4.69, 9.17) is 9.15 Å². The van der Waals surface area contributed by atoms with Gasteiger partial charge >= 0.3 is 0 Å². The second kappa shape index (κ2) is 4.94. The summed E-state index contributed by atoms with van der Waals surface area (Å²) in [7, 11) is 0. The number of ether oxygens (including phenoxy) is 1. The first kappa shape index (κ1) is 13.2. The van der Waals surface area contributed by atoms with Gasteiger partial charge in [-0.25, -0.2) is 4.98 Å². The van der Waals surface area contributed by atoms with Crippen molar-refractivity contribution in [2.45, 2.75) is 39.3 Å². The first-order valence-corrected chi connectivity index (χ1v) is 6.97. The molecular formula is C16H20N2O2. The molecule has 0 fully saturated rings. The monoisotopic (exact) mass is 272 g/mol. The number of aromatic nitrogens is 1. The molecule has 2 aromatic rings. The fourth-order valence-corrected chi connectivity index (χ4v) is 2.20. The van der Waals surface area contributed by atoms with Crippen LogP contribution in [-0.2, 0) is 13.0 Å². The number of oxazole rings is 1. The van der Waals surface area contributed by atoms with E-state index in [-0.39, 0.29) is 5.54 Å². The lowest BCUT2D eigenvalue weighted by atomic mass is 10.1. The highest BCUT2D eigenvalue weighted by Crippen LogP contribution is 2.30. The summed E-state index contributed by atoms with van der Waals surface area (Å²) in [6.07, 6.45) is 2.68. The predicted molar refractivity (Wildman–Crippen MR) is 77.7 cm³/mol. The van der Waals surface area contributed by atoms with Gasteiger partial charge in [0, 0.05) is 24.1 Å². The van der Waals surface area contributed by atoms with Gasteiger partial charge in [-0.15, -0.1) is 0 Å². The van der Waals surface area contributed by atoms with E-state index in [1.165, 1.54) is 5.56 Å². The molecule has 0 bridgehead atoms. The lowest BCUT2D eigenvalue weighted by molar-refractivity contribution is 0.357. The molecule has 4 heteroatoms. The Bertz CT molecular complexity index is 611. The third kappa shape index (κ3) is 2.85. The summed E-state index contributed by atoms with van der Waals surface area (Å²) < 4.78 is 11.1. The molecule has 1 N–H and O–H groups in total. The van der Waals surface area contributed by atoms with Crippen molar-refractivity contribution in [3.05, 3.63) is 35.7 Å². The zero-order chi connectivity index (χ0) is 14.2. The standard InChI is InChI=1S/C16H20N2O2/c1-16(2,3)17-9-13-10-20-15(18-13)12-4-5-14-11(8-12)6-7-19-14/h4-5,8,10,17H,6-7,9H2,1-3H3. The molecule has 0 amide bonds. The summed E-state index contributed by atoms with van der Waals surface area (Å²) in [4.78, 5) is 4.54. The van der Waals surface area contributed by atoms with Crippen molar-refractivity contribution < 1.29 is 9.15 Å². The van der Waals surface area contributed by atoms with Crippen LogP contribution in [0.4, 0.5) is 0 Å². The van der Waals surface area contributed by atoms with Gasteiger partial charge in [-0.05, 0) is 44.5 Å². The van der Waals surface area contributed by atoms with Crippen molar-refractivity contribution in [1.82, 2.24) is 10.3 Å². The average molecular weight is 272 g/mol. The number of benzene rings is 1. The minimum Gasteiger partial charge on any atom is -0.493 e. The van der Waals surface area contributed by atoms with Crippen LogP contribution in [0.2, 0.25) is 0 Å². The highest BCUT2D eigenvalue weighted by Gasteiger charge is 2.15. The topological polar surface area (TPSA) is 47.3 Å². The Labute approximate surface area is 119 Å². The molecular weight excluding hydrogens is 252 g/mol. The van der Waals surface area contributed by atoms with Gasteiger partial charge in [0.1, 0.15) is 12.0 Å². The number of rotatable bonds is 3. The number of hydrogen-bond donors (Lipinski definition) is 1. The molecule has 0 saturated heterocycles. The van der Waals surface area contributed by atoms with Crippen LogP contribution in [0.5, 0.6) is 5.75 Å². The molecule has 2 heterocycles. The molecule has 0 unspecified atom stereocenters. The Balaban J connectivity index is 1.76. The molecule has 1 aliphatic heterocycles. The highest BCUT2D eigenvalue weighted by atomic mass is 16.5. The second-order valence-corrected chi connectivity index (χ2v) is 6.17. The van der Waals surface area contributed by atoms with Crippen LogP contribution >= 0.6 is 0 Å². The fourth-order valence-electron chi connectivity index (χ4n) is 2.20. The normalized spacial score (nSPS) is 14.2. The third-order valence-corrected chi connectivity index (χ3v) is 3.29. The molecule has 106 valence electrons. The van der Waals surface area contributed by atoms with Gasteiger partial charge in [0.2, 0.25) is 5.89 Å². The summed E-state index contributed by atoms with van der Waals surface area (Å²) in [5, 5.41) is 3.40. The largest absolute Gasteiger partial charge is 0.493 e. The maximum absolute atomic E-state index is 5.58. The molecule has 1 aromatic heterocycles. The van der Waals surface area contributed by atoms with Gasteiger partial charge in [0.25, 0.3) is 0 Å². The SMILES string of the molecule is CC(C)(C)NCc1coc(-c2ccc3c(c2)CCO3)n1. The number of hydrogen-bond acceptors (Lipinski definition) is 4. The second-order valence-electron chi connectivity index (χ2n) is 6.17. The molecule has 0 radical (unpaired) electrons. The summed E-state index contributed by atoms with van der Waals surface area (Å²) in [6.45, 7) is 7.88. The Morgan fingerprint density at radius 2 is 2.15 bits per heavy atom. The van der Waals surface area contributed by atoms with Crippen LogP contribution in [0.1, 0.15) is 32.0 Å². The lowest BCUT2D eigenvalue weighted by Crippen LogP contribution is -2.35. The van der Waals surface area contributed by atoms with Crippen LogP contribution in [0.15, 0.2) is 28.9 Å². The first-order valence-electron chi connectivity index (χ1n) is 6.97. The maximum Gasteiger partial charge on any atom is 0.226 e. The van der Waals surface area contributed by atoms with Crippen LogP contribution in [-0.4, -0.2) is 17.1 Å². The number of nitrogens with one attached hydrogen (secondary N) is 1. The van der Waals surface area contributed by atoms with Gasteiger partial charge in [-0.1, -0.05) is 0 Å². The molecule has 0 aliphatic carbocycles. The maximum atomic E-state index is 5.58. The first-order chi connectivity index (χ1) is 9.51. The van der Waals surface area contributed by atoms with Crippen molar-refractivity contribution >= 4 is 0 Å². The molecule has 20 heavy (non-hydrogen) atoms. The van der Waals surface area contributed by atoms with E-state index in [2.05, 4.69) is 37.1 Å². The number of nitrogens with zero attached hydrogens (tertiary/aromatic N) is 1. The van der Waals surface area contributed by atoms with Crippen molar-refractivity contribution in [1.29, 1.82) is 0 Å². The minimum absolute atomic E-state index is 0.0734. The Morgan fingerprint density at radius 3 is 2.95 bits per heavy atom. The predicted octanol–water partition coefficient (Wildman–Crippen LogP) is 3.16. The van der Waals surface area contributed by atoms with Crippen molar-refractivity contribution in [3.8, 4) is 17.2 Å². The zero-order valence-electron chi connectivity index (χ0n) is 12.2. The van der Waals surface area contributed by atoms with E-state index in [1.807, 2.05) is 12.1 Å². The smallest absolute Gasteiger partial charge is 0.226 e. The molecule has 1 aliphatic rings. The Hall–Kier alpha value is -1.81. The van der Waals surface area contributed by atoms with Crippen molar-refractivity contribution in [2.24, 2.45) is 0 Å². The van der Waals surface area contributed by atoms with E-state index in [0.717, 1.165) is 30.0 Å². The lowest BCUT2D eigenvalue weighted by Gasteiger charge is -2.19. The molecule has 0 saturated carbocycles. The van der Waals surface area contributed by atoms with Crippen molar-refractivity contribution in [3.63, 3.8) is 0 Å².